The Kier molecular flexibility index (Phi) is 5.02. The molecule has 0 aromatic carbocycles. The number of allylic oxidation sites excluding steroid dienone is 2. The van der Waals surface area contributed by atoms with Gasteiger partial charge in [-0.25, -0.2) is 0 Å². The van der Waals surface area contributed by atoms with Crippen LogP contribution in [0.2, 0.25) is 0 Å². The predicted octanol–water partition coefficient (Wildman–Crippen LogP) is 2.52. The van der Waals surface area contributed by atoms with Gasteiger partial charge in [-0.1, -0.05) is 29.7 Å². The van der Waals surface area contributed by atoms with E-state index in [9.17, 15) is 0 Å². The molecule has 0 saturated heterocycles. The van der Waals surface area contributed by atoms with E-state index in [-0.39, 0.29) is 0 Å². The van der Waals surface area contributed by atoms with Crippen LogP contribution in [0, 0.1) is 5.92 Å². The highest BCUT2D eigenvalue weighted by Gasteiger charge is 2.00. The van der Waals surface area contributed by atoms with E-state index >= 15 is 0 Å². The lowest BCUT2D eigenvalue weighted by Gasteiger charge is -2.03. The highest BCUT2D eigenvalue weighted by molar-refractivity contribution is 8.01. The molecule has 10 heavy (non-hydrogen) atoms. The summed E-state index contributed by atoms with van der Waals surface area (Å²) >= 11 is 1.32. The molecular formula is C6H13N3S. The van der Waals surface area contributed by atoms with E-state index in [1.54, 1.807) is 0 Å². The van der Waals surface area contributed by atoms with Crippen molar-refractivity contribution in [2.24, 2.45) is 21.5 Å². The first-order chi connectivity index (χ1) is 4.72. The van der Waals surface area contributed by atoms with Crippen molar-refractivity contribution in [3.63, 3.8) is 0 Å². The SMILES string of the molecule is C/C=C(\S/N=N\N)C(C)C. The molecule has 0 fully saturated rings. The maximum atomic E-state index is 4.84. The largest absolute Gasteiger partial charge is 0.304 e. The zero-order valence-electron chi connectivity index (χ0n) is 6.53. The van der Waals surface area contributed by atoms with Gasteiger partial charge in [-0.15, -0.1) is 0 Å². The van der Waals surface area contributed by atoms with E-state index in [1.807, 2.05) is 13.0 Å². The van der Waals surface area contributed by atoms with Gasteiger partial charge in [-0.2, -0.15) is 0 Å². The molecule has 0 bridgehead atoms. The third-order valence-corrected chi connectivity index (χ3v) is 2.14. The van der Waals surface area contributed by atoms with Crippen LogP contribution >= 0.6 is 11.9 Å². The molecule has 2 N–H and O–H groups in total. The third kappa shape index (κ3) is 3.50. The standard InChI is InChI=1S/C6H13N3S/c1-4-6(5(2)3)10-9-8-7/h4-5H,1-3H3,(H2,7,9)/b6-4-. The molecule has 0 rings (SSSR count). The zero-order valence-corrected chi connectivity index (χ0v) is 7.35. The van der Waals surface area contributed by atoms with Gasteiger partial charge in [0.15, 0.2) is 0 Å². The molecule has 0 aliphatic rings. The molecule has 0 atom stereocenters. The normalized spacial score (nSPS) is 13.4. The summed E-state index contributed by atoms with van der Waals surface area (Å²) in [6.07, 6.45) is 2.02. The lowest BCUT2D eigenvalue weighted by molar-refractivity contribution is 0.814. The Balaban J connectivity index is 3.86. The minimum absolute atomic E-state index is 0.500. The molecule has 0 aromatic heterocycles. The van der Waals surface area contributed by atoms with Crippen LogP contribution in [0.5, 0.6) is 0 Å². The van der Waals surface area contributed by atoms with Crippen LogP contribution in [0.15, 0.2) is 20.7 Å². The molecule has 0 aliphatic carbocycles. The Morgan fingerprint density at radius 3 is 2.50 bits per heavy atom. The molecule has 3 nitrogen and oxygen atoms in total. The fourth-order valence-electron chi connectivity index (χ4n) is 0.562. The first-order valence-electron chi connectivity index (χ1n) is 3.15. The van der Waals surface area contributed by atoms with Gasteiger partial charge in [0, 0.05) is 16.9 Å². The number of hydrogen-bond acceptors (Lipinski definition) is 3. The van der Waals surface area contributed by atoms with E-state index in [0.29, 0.717) is 5.92 Å². The maximum absolute atomic E-state index is 4.84. The molecule has 0 saturated carbocycles. The number of rotatable bonds is 3. The van der Waals surface area contributed by atoms with Gasteiger partial charge < -0.3 is 5.84 Å². The van der Waals surface area contributed by atoms with Crippen LogP contribution in [-0.4, -0.2) is 0 Å². The molecule has 0 heterocycles. The van der Waals surface area contributed by atoms with Gasteiger partial charge in [-0.05, 0) is 12.8 Å². The average Bonchev–Trinajstić information content (AvgIpc) is 1.89. The van der Waals surface area contributed by atoms with Crippen LogP contribution < -0.4 is 5.84 Å². The number of nitrogens with two attached hydrogens (primary N) is 1. The van der Waals surface area contributed by atoms with Gasteiger partial charge in [0.05, 0.1) is 0 Å². The lowest BCUT2D eigenvalue weighted by atomic mass is 10.2. The topological polar surface area (TPSA) is 50.7 Å². The minimum atomic E-state index is 0.500. The number of hydrogen-bond donors (Lipinski definition) is 1. The summed E-state index contributed by atoms with van der Waals surface area (Å²) in [5.74, 6) is 5.34. The van der Waals surface area contributed by atoms with E-state index in [4.69, 9.17) is 5.84 Å². The quantitative estimate of drug-likeness (QED) is 0.298. The summed E-state index contributed by atoms with van der Waals surface area (Å²) in [5, 5.41) is 3.15. The van der Waals surface area contributed by atoms with Crippen molar-refractivity contribution in [1.29, 1.82) is 0 Å². The van der Waals surface area contributed by atoms with Crippen LogP contribution in [0.1, 0.15) is 20.8 Å². The van der Waals surface area contributed by atoms with Crippen molar-refractivity contribution in [2.75, 3.05) is 0 Å². The van der Waals surface area contributed by atoms with Crippen molar-refractivity contribution in [3.8, 4) is 0 Å². The lowest BCUT2D eigenvalue weighted by Crippen LogP contribution is -1.86. The molecule has 0 amide bonds. The second-order valence-corrected chi connectivity index (χ2v) is 2.95. The number of nitrogens with zero attached hydrogens (tertiary/aromatic N) is 2. The van der Waals surface area contributed by atoms with Crippen LogP contribution in [0.4, 0.5) is 0 Å². The fourth-order valence-corrected chi connectivity index (χ4v) is 1.02. The zero-order chi connectivity index (χ0) is 7.98. The minimum Gasteiger partial charge on any atom is -0.304 e. The second-order valence-electron chi connectivity index (χ2n) is 2.13. The summed E-state index contributed by atoms with van der Waals surface area (Å²) in [4.78, 5) is 1.19. The smallest absolute Gasteiger partial charge is 0.0314 e. The molecule has 58 valence electrons. The summed E-state index contributed by atoms with van der Waals surface area (Å²) in [7, 11) is 0. The molecule has 0 unspecified atom stereocenters. The Labute approximate surface area is 65.9 Å². The molecule has 0 spiro atoms. The van der Waals surface area contributed by atoms with Gasteiger partial charge in [0.1, 0.15) is 0 Å². The van der Waals surface area contributed by atoms with Crippen molar-refractivity contribution < 1.29 is 0 Å². The van der Waals surface area contributed by atoms with Gasteiger partial charge in [-0.3, -0.25) is 0 Å². The molecule has 0 aliphatic heterocycles. The summed E-state index contributed by atoms with van der Waals surface area (Å²) in [5.41, 5.74) is 0. The molecule has 4 heteroatoms. The van der Waals surface area contributed by atoms with E-state index < -0.39 is 0 Å². The van der Waals surface area contributed by atoms with E-state index in [2.05, 4.69) is 23.6 Å². The summed E-state index contributed by atoms with van der Waals surface area (Å²) in [6, 6.07) is 0. The predicted molar refractivity (Wildman–Crippen MR) is 45.2 cm³/mol. The Morgan fingerprint density at radius 1 is 1.60 bits per heavy atom. The van der Waals surface area contributed by atoms with E-state index in [1.165, 1.54) is 16.9 Å². The first kappa shape index (κ1) is 9.49. The second kappa shape index (κ2) is 5.29. The van der Waals surface area contributed by atoms with Gasteiger partial charge in [0.2, 0.25) is 0 Å². The van der Waals surface area contributed by atoms with Gasteiger partial charge >= 0.3 is 0 Å². The summed E-state index contributed by atoms with van der Waals surface area (Å²) in [6.45, 7) is 6.19. The van der Waals surface area contributed by atoms with Crippen molar-refractivity contribution in [1.82, 2.24) is 0 Å². The Hall–Kier alpha value is -0.510. The average molecular weight is 159 g/mol. The monoisotopic (exact) mass is 159 g/mol. The first-order valence-corrected chi connectivity index (χ1v) is 3.93. The highest BCUT2D eigenvalue weighted by Crippen LogP contribution is 2.24. The molecule has 0 radical (unpaired) electrons. The van der Waals surface area contributed by atoms with Crippen LogP contribution in [0.25, 0.3) is 0 Å². The highest BCUT2D eigenvalue weighted by atomic mass is 32.2. The Bertz CT molecular complexity index is 140. The molecule has 0 aromatic rings. The van der Waals surface area contributed by atoms with Crippen molar-refractivity contribution in [2.45, 2.75) is 20.8 Å². The van der Waals surface area contributed by atoms with Crippen molar-refractivity contribution in [3.05, 3.63) is 11.0 Å². The van der Waals surface area contributed by atoms with Crippen LogP contribution in [-0.2, 0) is 0 Å². The molecular weight excluding hydrogens is 146 g/mol. The van der Waals surface area contributed by atoms with E-state index in [0.717, 1.165) is 0 Å². The Morgan fingerprint density at radius 2 is 2.20 bits per heavy atom. The summed E-state index contributed by atoms with van der Waals surface area (Å²) < 4.78 is 3.62. The third-order valence-electron chi connectivity index (χ3n) is 1.05. The maximum Gasteiger partial charge on any atom is 0.0314 e. The fraction of sp³-hybridized carbons (Fsp3) is 0.667. The van der Waals surface area contributed by atoms with Gasteiger partial charge in [0.25, 0.3) is 0 Å². The van der Waals surface area contributed by atoms with Crippen molar-refractivity contribution >= 4 is 11.9 Å². The van der Waals surface area contributed by atoms with Crippen LogP contribution in [0.3, 0.4) is 0 Å².